The minimum absolute atomic E-state index is 0.389. The Morgan fingerprint density at radius 1 is 1.27 bits per heavy atom. The molecule has 4 N–H and O–H groups in total. The first-order chi connectivity index (χ1) is 5.04. The molecule has 0 heterocycles. The van der Waals surface area contributed by atoms with E-state index < -0.39 is 0 Å². The Morgan fingerprint density at radius 2 is 1.82 bits per heavy atom. The first-order valence-electron chi connectivity index (χ1n) is 3.03. The van der Waals surface area contributed by atoms with Crippen molar-refractivity contribution >= 4 is 34.6 Å². The van der Waals surface area contributed by atoms with Crippen LogP contribution in [-0.2, 0) is 0 Å². The summed E-state index contributed by atoms with van der Waals surface area (Å²) in [4.78, 5) is 0. The van der Waals surface area contributed by atoms with Crippen molar-refractivity contribution < 1.29 is 0 Å². The van der Waals surface area contributed by atoms with E-state index in [1.165, 1.54) is 0 Å². The van der Waals surface area contributed by atoms with Crippen LogP contribution < -0.4 is 11.5 Å². The molecule has 0 fully saturated rings. The standard InChI is InChI=1S/C7H8Cl2N2/c1-3-5(10)2-4(8)7(11)6(3)9/h2H,10-11H2,1H3. The number of anilines is 2. The van der Waals surface area contributed by atoms with Gasteiger partial charge in [-0.3, -0.25) is 0 Å². The van der Waals surface area contributed by atoms with Crippen LogP contribution in [0.2, 0.25) is 10.0 Å². The van der Waals surface area contributed by atoms with Crippen LogP contribution in [0, 0.1) is 6.92 Å². The van der Waals surface area contributed by atoms with Crippen molar-refractivity contribution in [2.45, 2.75) is 6.92 Å². The van der Waals surface area contributed by atoms with E-state index in [2.05, 4.69) is 0 Å². The topological polar surface area (TPSA) is 52.0 Å². The van der Waals surface area contributed by atoms with Gasteiger partial charge in [-0.1, -0.05) is 23.2 Å². The van der Waals surface area contributed by atoms with E-state index in [-0.39, 0.29) is 0 Å². The zero-order chi connectivity index (χ0) is 8.59. The van der Waals surface area contributed by atoms with Crippen LogP contribution in [0.5, 0.6) is 0 Å². The third-order valence-electron chi connectivity index (χ3n) is 1.54. The smallest absolute Gasteiger partial charge is 0.0700 e. The summed E-state index contributed by atoms with van der Waals surface area (Å²) in [6.07, 6.45) is 0. The average molecular weight is 191 g/mol. The van der Waals surface area contributed by atoms with Crippen LogP contribution in [-0.4, -0.2) is 0 Å². The number of nitrogens with two attached hydrogens (primary N) is 2. The van der Waals surface area contributed by atoms with Gasteiger partial charge in [0, 0.05) is 5.69 Å². The van der Waals surface area contributed by atoms with Gasteiger partial charge in [0.15, 0.2) is 0 Å². The molecule has 0 aliphatic heterocycles. The monoisotopic (exact) mass is 190 g/mol. The zero-order valence-electron chi connectivity index (χ0n) is 5.99. The second-order valence-corrected chi connectivity index (χ2v) is 3.09. The van der Waals surface area contributed by atoms with Crippen molar-refractivity contribution in [1.82, 2.24) is 0 Å². The lowest BCUT2D eigenvalue weighted by Crippen LogP contribution is -1.95. The summed E-state index contributed by atoms with van der Waals surface area (Å²) >= 11 is 11.5. The number of hydrogen-bond donors (Lipinski definition) is 2. The van der Waals surface area contributed by atoms with Crippen molar-refractivity contribution in [2.75, 3.05) is 11.5 Å². The molecule has 1 aromatic rings. The third kappa shape index (κ3) is 1.37. The van der Waals surface area contributed by atoms with Crippen molar-refractivity contribution in [3.05, 3.63) is 21.7 Å². The molecule has 0 aromatic heterocycles. The Balaban J connectivity index is 3.46. The molecule has 0 aliphatic rings. The molecule has 4 heteroatoms. The van der Waals surface area contributed by atoms with Crippen LogP contribution in [0.4, 0.5) is 11.4 Å². The normalized spacial score (nSPS) is 10.1. The molecule has 0 unspecified atom stereocenters. The minimum Gasteiger partial charge on any atom is -0.398 e. The SMILES string of the molecule is Cc1c(N)cc(Cl)c(N)c1Cl. The molecule has 0 bridgehead atoms. The van der Waals surface area contributed by atoms with Crippen LogP contribution in [0.3, 0.4) is 0 Å². The van der Waals surface area contributed by atoms with Gasteiger partial charge in [-0.25, -0.2) is 0 Å². The van der Waals surface area contributed by atoms with Gasteiger partial charge in [-0.2, -0.15) is 0 Å². The molecule has 0 atom stereocenters. The maximum absolute atomic E-state index is 5.80. The molecule has 0 saturated carbocycles. The number of hydrogen-bond acceptors (Lipinski definition) is 2. The molecule has 0 radical (unpaired) electrons. The van der Waals surface area contributed by atoms with Gasteiger partial charge in [-0.15, -0.1) is 0 Å². The van der Waals surface area contributed by atoms with Crippen LogP contribution in [0.1, 0.15) is 5.56 Å². The molecule has 0 amide bonds. The Hall–Kier alpha value is -0.600. The van der Waals surface area contributed by atoms with Crippen LogP contribution in [0.15, 0.2) is 6.07 Å². The molecule has 1 aromatic carbocycles. The number of nitrogen functional groups attached to an aromatic ring is 2. The molecule has 0 spiro atoms. The number of rotatable bonds is 0. The Kier molecular flexibility index (Phi) is 2.16. The van der Waals surface area contributed by atoms with Gasteiger partial charge in [-0.05, 0) is 18.6 Å². The summed E-state index contributed by atoms with van der Waals surface area (Å²) in [6.45, 7) is 1.80. The van der Waals surface area contributed by atoms with Crippen molar-refractivity contribution in [1.29, 1.82) is 0 Å². The highest BCUT2D eigenvalue weighted by Crippen LogP contribution is 2.33. The fourth-order valence-electron chi connectivity index (χ4n) is 0.756. The lowest BCUT2D eigenvalue weighted by molar-refractivity contribution is 1.47. The maximum atomic E-state index is 5.80. The van der Waals surface area contributed by atoms with Gasteiger partial charge >= 0.3 is 0 Å². The van der Waals surface area contributed by atoms with Gasteiger partial charge < -0.3 is 11.5 Å². The zero-order valence-corrected chi connectivity index (χ0v) is 7.50. The van der Waals surface area contributed by atoms with E-state index in [9.17, 15) is 0 Å². The van der Waals surface area contributed by atoms with Crippen LogP contribution in [0.25, 0.3) is 0 Å². The summed E-state index contributed by atoms with van der Waals surface area (Å²) < 4.78 is 0. The van der Waals surface area contributed by atoms with Gasteiger partial charge in [0.25, 0.3) is 0 Å². The second-order valence-electron chi connectivity index (χ2n) is 2.30. The number of benzene rings is 1. The molecule has 0 saturated heterocycles. The Bertz CT molecular complexity index is 271. The third-order valence-corrected chi connectivity index (χ3v) is 2.34. The predicted molar refractivity (Wildman–Crippen MR) is 50.0 cm³/mol. The first kappa shape index (κ1) is 8.50. The second kappa shape index (κ2) is 2.80. The molecule has 0 aliphatic carbocycles. The summed E-state index contributed by atoms with van der Waals surface area (Å²) in [5.41, 5.74) is 12.8. The summed E-state index contributed by atoms with van der Waals surface area (Å²) in [5.74, 6) is 0. The fraction of sp³-hybridized carbons (Fsp3) is 0.143. The lowest BCUT2D eigenvalue weighted by atomic mass is 10.2. The van der Waals surface area contributed by atoms with E-state index >= 15 is 0 Å². The first-order valence-corrected chi connectivity index (χ1v) is 3.79. The summed E-state index contributed by atoms with van der Waals surface area (Å²) in [5, 5.41) is 0.841. The molecule has 11 heavy (non-hydrogen) atoms. The van der Waals surface area contributed by atoms with E-state index in [1.54, 1.807) is 13.0 Å². The lowest BCUT2D eigenvalue weighted by Gasteiger charge is -2.06. The van der Waals surface area contributed by atoms with E-state index in [1.807, 2.05) is 0 Å². The van der Waals surface area contributed by atoms with E-state index in [4.69, 9.17) is 34.7 Å². The highest BCUT2D eigenvalue weighted by molar-refractivity contribution is 6.39. The van der Waals surface area contributed by atoms with Crippen molar-refractivity contribution in [2.24, 2.45) is 0 Å². The van der Waals surface area contributed by atoms with Gasteiger partial charge in [0.2, 0.25) is 0 Å². The summed E-state index contributed by atoms with van der Waals surface area (Å²) in [7, 11) is 0. The van der Waals surface area contributed by atoms with Crippen molar-refractivity contribution in [3.63, 3.8) is 0 Å². The minimum atomic E-state index is 0.389. The van der Waals surface area contributed by atoms with Crippen molar-refractivity contribution in [3.8, 4) is 0 Å². The molecular weight excluding hydrogens is 183 g/mol. The van der Waals surface area contributed by atoms with E-state index in [0.29, 0.717) is 21.4 Å². The molecular formula is C7H8Cl2N2. The average Bonchev–Trinajstić information content (AvgIpc) is 1.97. The van der Waals surface area contributed by atoms with Gasteiger partial charge in [0.05, 0.1) is 15.7 Å². The molecule has 60 valence electrons. The largest absolute Gasteiger partial charge is 0.398 e. The molecule has 1 rings (SSSR count). The Labute approximate surface area is 75.1 Å². The summed E-state index contributed by atoms with van der Waals surface area (Å²) in [6, 6.07) is 1.60. The van der Waals surface area contributed by atoms with Crippen LogP contribution >= 0.6 is 23.2 Å². The fourth-order valence-corrected chi connectivity index (χ4v) is 1.23. The maximum Gasteiger partial charge on any atom is 0.0700 e. The van der Waals surface area contributed by atoms with E-state index in [0.717, 1.165) is 5.56 Å². The molecule has 2 nitrogen and oxygen atoms in total. The highest BCUT2D eigenvalue weighted by Gasteiger charge is 2.07. The highest BCUT2D eigenvalue weighted by atomic mass is 35.5. The number of halogens is 2. The predicted octanol–water partition coefficient (Wildman–Crippen LogP) is 2.47. The van der Waals surface area contributed by atoms with Gasteiger partial charge in [0.1, 0.15) is 0 Å². The quantitative estimate of drug-likeness (QED) is 0.618. The Morgan fingerprint density at radius 3 is 2.36 bits per heavy atom.